The summed E-state index contributed by atoms with van der Waals surface area (Å²) >= 11 is 0. The number of fused-ring (bicyclic) bond motifs is 1. The number of nitrogens with zero attached hydrogens (tertiary/aromatic N) is 3. The van der Waals surface area contributed by atoms with Crippen molar-refractivity contribution in [3.8, 4) is 0 Å². The monoisotopic (exact) mass is 367 g/mol. The van der Waals surface area contributed by atoms with Crippen LogP contribution in [-0.2, 0) is 18.9 Å². The van der Waals surface area contributed by atoms with Crippen molar-refractivity contribution in [3.05, 3.63) is 52.3 Å². The quantitative estimate of drug-likeness (QED) is 0.792. The lowest BCUT2D eigenvalue weighted by atomic mass is 9.68. The smallest absolute Gasteiger partial charge is 0.257 e. The Balaban J connectivity index is 2.03. The van der Waals surface area contributed by atoms with Crippen molar-refractivity contribution in [2.45, 2.75) is 71.3 Å². The van der Waals surface area contributed by atoms with E-state index >= 15 is 0 Å². The molecule has 1 amide bonds. The number of benzene rings is 1. The molecule has 27 heavy (non-hydrogen) atoms. The van der Waals surface area contributed by atoms with Gasteiger partial charge in [0.05, 0.1) is 11.3 Å². The van der Waals surface area contributed by atoms with Crippen molar-refractivity contribution in [1.82, 2.24) is 14.7 Å². The lowest BCUT2D eigenvalue weighted by molar-refractivity contribution is 0.0425. The number of carbonyl (C=O) groups is 1. The third kappa shape index (κ3) is 2.81. The van der Waals surface area contributed by atoms with Gasteiger partial charge >= 0.3 is 0 Å². The number of hydrogen-bond donors (Lipinski definition) is 0. The molecular formula is C23H33N3O. The van der Waals surface area contributed by atoms with Gasteiger partial charge in [-0.15, -0.1) is 0 Å². The highest BCUT2D eigenvalue weighted by molar-refractivity contribution is 5.97. The number of carbonyl (C=O) groups excluding carboxylic acids is 1. The van der Waals surface area contributed by atoms with Crippen LogP contribution in [0.3, 0.4) is 0 Å². The van der Waals surface area contributed by atoms with Crippen LogP contribution >= 0.6 is 0 Å². The summed E-state index contributed by atoms with van der Waals surface area (Å²) in [6.45, 7) is 12.9. The van der Waals surface area contributed by atoms with Gasteiger partial charge in [-0.1, -0.05) is 45.0 Å². The van der Waals surface area contributed by atoms with Crippen LogP contribution < -0.4 is 0 Å². The van der Waals surface area contributed by atoms with Gasteiger partial charge in [0.1, 0.15) is 0 Å². The lowest BCUT2D eigenvalue weighted by Gasteiger charge is -2.48. The second-order valence-electron chi connectivity index (χ2n) is 9.04. The number of amides is 1. The van der Waals surface area contributed by atoms with Crippen LogP contribution in [0.15, 0.2) is 24.3 Å². The second-order valence-corrected chi connectivity index (χ2v) is 9.04. The summed E-state index contributed by atoms with van der Waals surface area (Å²) in [5.74, 6) is 0.281. The minimum Gasteiger partial charge on any atom is -0.336 e. The molecule has 1 unspecified atom stereocenters. The molecule has 2 aromatic rings. The highest BCUT2D eigenvalue weighted by atomic mass is 16.2. The maximum atomic E-state index is 13.6. The second kappa shape index (κ2) is 6.50. The van der Waals surface area contributed by atoms with Gasteiger partial charge in [-0.05, 0) is 50.7 Å². The van der Waals surface area contributed by atoms with E-state index in [-0.39, 0.29) is 22.8 Å². The minimum atomic E-state index is -0.326. The molecule has 0 N–H and O–H groups in total. The Morgan fingerprint density at radius 3 is 2.56 bits per heavy atom. The molecule has 0 saturated carbocycles. The summed E-state index contributed by atoms with van der Waals surface area (Å²) in [4.78, 5) is 15.6. The summed E-state index contributed by atoms with van der Waals surface area (Å²) in [5, 5.41) is 4.62. The number of rotatable bonds is 4. The molecule has 1 aliphatic carbocycles. The van der Waals surface area contributed by atoms with E-state index in [1.54, 1.807) is 0 Å². The topological polar surface area (TPSA) is 38.1 Å². The third-order valence-electron chi connectivity index (χ3n) is 7.12. The van der Waals surface area contributed by atoms with Crippen LogP contribution in [0.5, 0.6) is 0 Å². The van der Waals surface area contributed by atoms with Crippen LogP contribution in [0.25, 0.3) is 0 Å². The van der Waals surface area contributed by atoms with Crippen molar-refractivity contribution in [1.29, 1.82) is 0 Å². The van der Waals surface area contributed by atoms with Gasteiger partial charge in [0.2, 0.25) is 0 Å². The molecule has 1 atom stereocenters. The molecule has 0 radical (unpaired) electrons. The first kappa shape index (κ1) is 19.7. The lowest BCUT2D eigenvalue weighted by Crippen LogP contribution is -2.57. The van der Waals surface area contributed by atoms with Crippen molar-refractivity contribution in [2.75, 3.05) is 7.05 Å². The van der Waals surface area contributed by atoms with E-state index in [1.807, 2.05) is 30.6 Å². The molecule has 4 nitrogen and oxygen atoms in total. The van der Waals surface area contributed by atoms with Crippen molar-refractivity contribution in [3.63, 3.8) is 0 Å². The molecule has 0 spiro atoms. The number of likely N-dealkylation sites (N-methyl/N-ethyl adjacent to an activating group) is 1. The van der Waals surface area contributed by atoms with Crippen LogP contribution in [0.2, 0.25) is 0 Å². The average molecular weight is 368 g/mol. The Bertz CT molecular complexity index is 878. The van der Waals surface area contributed by atoms with Gasteiger partial charge in [0, 0.05) is 30.7 Å². The molecule has 1 aromatic heterocycles. The normalized spacial score (nSPS) is 19.4. The molecule has 1 aliphatic rings. The van der Waals surface area contributed by atoms with E-state index in [0.717, 1.165) is 29.8 Å². The number of aromatic nitrogens is 2. The maximum absolute atomic E-state index is 13.6. The maximum Gasteiger partial charge on any atom is 0.257 e. The van der Waals surface area contributed by atoms with E-state index in [0.29, 0.717) is 0 Å². The van der Waals surface area contributed by atoms with Crippen molar-refractivity contribution < 1.29 is 4.79 Å². The Labute approximate surface area is 163 Å². The third-order valence-corrected chi connectivity index (χ3v) is 7.12. The van der Waals surface area contributed by atoms with Crippen LogP contribution in [0.4, 0.5) is 0 Å². The van der Waals surface area contributed by atoms with Gasteiger partial charge in [-0.2, -0.15) is 5.10 Å². The van der Waals surface area contributed by atoms with Crippen LogP contribution in [-0.4, -0.2) is 33.2 Å². The summed E-state index contributed by atoms with van der Waals surface area (Å²) in [6.07, 6.45) is 2.13. The SMILES string of the molecule is Cc1c(C(=O)N(C)C(C)(C)C2(C)CCc3ccccc32)c(C(C)C)nn1C. The first-order valence-electron chi connectivity index (χ1n) is 9.92. The van der Waals surface area contributed by atoms with E-state index in [1.165, 1.54) is 11.1 Å². The Hall–Kier alpha value is -2.10. The van der Waals surface area contributed by atoms with Gasteiger partial charge in [0.25, 0.3) is 5.91 Å². The van der Waals surface area contributed by atoms with Gasteiger partial charge < -0.3 is 4.90 Å². The molecular weight excluding hydrogens is 334 g/mol. The van der Waals surface area contributed by atoms with Gasteiger partial charge in [-0.25, -0.2) is 0 Å². The van der Waals surface area contributed by atoms with E-state index < -0.39 is 0 Å². The Kier molecular flexibility index (Phi) is 4.73. The first-order valence-corrected chi connectivity index (χ1v) is 9.92. The van der Waals surface area contributed by atoms with E-state index in [2.05, 4.69) is 64.0 Å². The van der Waals surface area contributed by atoms with Crippen molar-refractivity contribution >= 4 is 5.91 Å². The van der Waals surface area contributed by atoms with Crippen LogP contribution in [0, 0.1) is 6.92 Å². The zero-order valence-electron chi connectivity index (χ0n) is 18.1. The van der Waals surface area contributed by atoms with Gasteiger partial charge in [-0.3, -0.25) is 9.48 Å². The van der Waals surface area contributed by atoms with E-state index in [4.69, 9.17) is 0 Å². The molecule has 0 fully saturated rings. The van der Waals surface area contributed by atoms with Crippen molar-refractivity contribution in [2.24, 2.45) is 7.05 Å². The largest absolute Gasteiger partial charge is 0.336 e. The predicted octanol–water partition coefficient (Wildman–Crippen LogP) is 4.61. The summed E-state index contributed by atoms with van der Waals surface area (Å²) in [7, 11) is 3.86. The minimum absolute atomic E-state index is 0.0694. The number of aryl methyl sites for hydroxylation is 2. The van der Waals surface area contributed by atoms with Crippen LogP contribution in [0.1, 0.15) is 79.8 Å². The molecule has 1 heterocycles. The molecule has 0 saturated heterocycles. The molecule has 0 bridgehead atoms. The fourth-order valence-corrected chi connectivity index (χ4v) is 4.53. The van der Waals surface area contributed by atoms with E-state index in [9.17, 15) is 4.79 Å². The molecule has 146 valence electrons. The highest BCUT2D eigenvalue weighted by Crippen LogP contribution is 2.48. The summed E-state index contributed by atoms with van der Waals surface area (Å²) in [5.41, 5.74) is 4.96. The zero-order valence-corrected chi connectivity index (χ0v) is 18.1. The zero-order chi connectivity index (χ0) is 20.1. The Morgan fingerprint density at radius 2 is 1.93 bits per heavy atom. The van der Waals surface area contributed by atoms with Gasteiger partial charge in [0.15, 0.2) is 0 Å². The average Bonchev–Trinajstić information content (AvgIpc) is 3.13. The summed E-state index contributed by atoms with van der Waals surface area (Å²) < 4.78 is 1.83. The predicted molar refractivity (Wildman–Crippen MR) is 110 cm³/mol. The summed E-state index contributed by atoms with van der Waals surface area (Å²) in [6, 6.07) is 8.68. The first-order chi connectivity index (χ1) is 12.5. The number of hydrogen-bond acceptors (Lipinski definition) is 2. The fraction of sp³-hybridized carbons (Fsp3) is 0.565. The molecule has 1 aromatic carbocycles. The molecule has 0 aliphatic heterocycles. The highest BCUT2D eigenvalue weighted by Gasteiger charge is 2.50. The fourth-order valence-electron chi connectivity index (χ4n) is 4.53. The Morgan fingerprint density at radius 1 is 1.30 bits per heavy atom. The molecule has 4 heteroatoms. The standard InChI is InChI=1S/C23H33N3O/c1-15(2)20-19(16(3)26(8)24-20)21(27)25(7)22(4,5)23(6)14-13-17-11-9-10-12-18(17)23/h9-12,15H,13-14H2,1-8H3. The molecule has 3 rings (SSSR count).